The summed E-state index contributed by atoms with van der Waals surface area (Å²) in [5, 5.41) is 0. The molecule has 2 unspecified atom stereocenters. The molecule has 0 aliphatic carbocycles. The lowest BCUT2D eigenvalue weighted by atomic mass is 9.93. The molecule has 0 N–H and O–H groups in total. The Labute approximate surface area is 91.2 Å². The second-order valence-corrected chi connectivity index (χ2v) is 4.12. The smallest absolute Gasteiger partial charge is 0.309 e. The highest BCUT2D eigenvalue weighted by molar-refractivity contribution is 7.80. The van der Waals surface area contributed by atoms with Gasteiger partial charge in [-0.3, -0.25) is 4.79 Å². The summed E-state index contributed by atoms with van der Waals surface area (Å²) in [7, 11) is 1.45. The Morgan fingerprint density at radius 1 is 1.71 bits per heavy atom. The molecular formula is C10H19NO2S. The minimum absolute atomic E-state index is 0.0279. The third-order valence-corrected chi connectivity index (χ3v) is 3.42. The zero-order valence-corrected chi connectivity index (χ0v) is 9.80. The molecule has 14 heavy (non-hydrogen) atoms. The van der Waals surface area contributed by atoms with Crippen molar-refractivity contribution < 1.29 is 9.53 Å². The number of carbonyl (C=O) groups is 1. The maximum absolute atomic E-state index is 11.4. The SMILES string of the molecule is CCN1CCC(C(CS)C(=O)OC)C1. The molecule has 0 aromatic heterocycles. The van der Waals surface area contributed by atoms with E-state index in [4.69, 9.17) is 4.74 Å². The number of rotatable bonds is 4. The summed E-state index contributed by atoms with van der Waals surface area (Å²) in [5.74, 6) is 0.886. The number of likely N-dealkylation sites (tertiary alicyclic amines) is 1. The third-order valence-electron chi connectivity index (χ3n) is 3.03. The molecule has 0 saturated carbocycles. The summed E-state index contributed by atoms with van der Waals surface area (Å²) in [6.07, 6.45) is 1.09. The molecule has 2 atom stereocenters. The van der Waals surface area contributed by atoms with Gasteiger partial charge in [-0.1, -0.05) is 6.92 Å². The fourth-order valence-electron chi connectivity index (χ4n) is 2.05. The highest BCUT2D eigenvalue weighted by Gasteiger charge is 2.32. The average Bonchev–Trinajstić information content (AvgIpc) is 2.67. The first-order valence-electron chi connectivity index (χ1n) is 5.14. The van der Waals surface area contributed by atoms with Gasteiger partial charge in [0, 0.05) is 12.3 Å². The zero-order valence-electron chi connectivity index (χ0n) is 8.90. The van der Waals surface area contributed by atoms with Crippen LogP contribution in [0.25, 0.3) is 0 Å². The van der Waals surface area contributed by atoms with Gasteiger partial charge in [0.15, 0.2) is 0 Å². The molecule has 0 bridgehead atoms. The summed E-state index contributed by atoms with van der Waals surface area (Å²) < 4.78 is 4.78. The lowest BCUT2D eigenvalue weighted by molar-refractivity contribution is -0.146. The molecule has 0 aromatic rings. The molecule has 0 aromatic carbocycles. The number of methoxy groups -OCH3 is 1. The van der Waals surface area contributed by atoms with Crippen molar-refractivity contribution in [3.63, 3.8) is 0 Å². The maximum Gasteiger partial charge on any atom is 0.309 e. The molecule has 0 radical (unpaired) electrons. The molecule has 82 valence electrons. The topological polar surface area (TPSA) is 29.5 Å². The molecule has 1 fully saturated rings. The van der Waals surface area contributed by atoms with Crippen molar-refractivity contribution in [3.05, 3.63) is 0 Å². The Kier molecular flexibility index (Phi) is 4.75. The van der Waals surface area contributed by atoms with Gasteiger partial charge < -0.3 is 9.64 Å². The normalized spacial score (nSPS) is 24.9. The van der Waals surface area contributed by atoms with Gasteiger partial charge in [-0.2, -0.15) is 12.6 Å². The highest BCUT2D eigenvalue weighted by Crippen LogP contribution is 2.25. The van der Waals surface area contributed by atoms with Crippen LogP contribution in [0.2, 0.25) is 0 Å². The fraction of sp³-hybridized carbons (Fsp3) is 0.900. The molecule has 1 aliphatic heterocycles. The van der Waals surface area contributed by atoms with Gasteiger partial charge in [-0.15, -0.1) is 0 Å². The van der Waals surface area contributed by atoms with Crippen molar-refractivity contribution in [2.75, 3.05) is 32.5 Å². The molecule has 0 spiro atoms. The van der Waals surface area contributed by atoms with Gasteiger partial charge in [-0.05, 0) is 25.4 Å². The van der Waals surface area contributed by atoms with Gasteiger partial charge >= 0.3 is 5.97 Å². The summed E-state index contributed by atoms with van der Waals surface area (Å²) in [6, 6.07) is 0. The Balaban J connectivity index is 2.50. The van der Waals surface area contributed by atoms with Crippen LogP contribution in [-0.4, -0.2) is 43.4 Å². The summed E-state index contributed by atoms with van der Waals surface area (Å²) in [5.41, 5.74) is 0. The van der Waals surface area contributed by atoms with Crippen molar-refractivity contribution in [2.24, 2.45) is 11.8 Å². The second-order valence-electron chi connectivity index (χ2n) is 3.75. The van der Waals surface area contributed by atoms with E-state index in [0.717, 1.165) is 26.1 Å². The standard InChI is InChI=1S/C10H19NO2S/c1-3-11-5-4-8(6-11)9(7-14)10(12)13-2/h8-9,14H,3-7H2,1-2H3. The number of esters is 1. The van der Waals surface area contributed by atoms with Crippen LogP contribution in [0.15, 0.2) is 0 Å². The molecular weight excluding hydrogens is 198 g/mol. The minimum Gasteiger partial charge on any atom is -0.469 e. The summed E-state index contributed by atoms with van der Waals surface area (Å²) in [6.45, 7) is 5.33. The van der Waals surface area contributed by atoms with Gasteiger partial charge in [0.25, 0.3) is 0 Å². The zero-order chi connectivity index (χ0) is 10.6. The van der Waals surface area contributed by atoms with Crippen molar-refractivity contribution >= 4 is 18.6 Å². The van der Waals surface area contributed by atoms with E-state index in [2.05, 4.69) is 24.5 Å². The Bertz CT molecular complexity index is 199. The quantitative estimate of drug-likeness (QED) is 0.564. The minimum atomic E-state index is -0.108. The van der Waals surface area contributed by atoms with Crippen molar-refractivity contribution in [1.82, 2.24) is 4.90 Å². The van der Waals surface area contributed by atoms with E-state index in [1.807, 2.05) is 0 Å². The Morgan fingerprint density at radius 2 is 2.43 bits per heavy atom. The Hall–Kier alpha value is -0.220. The van der Waals surface area contributed by atoms with E-state index in [1.54, 1.807) is 0 Å². The molecule has 4 heteroatoms. The van der Waals surface area contributed by atoms with Gasteiger partial charge in [0.2, 0.25) is 0 Å². The fourth-order valence-corrected chi connectivity index (χ4v) is 2.49. The largest absolute Gasteiger partial charge is 0.469 e. The molecule has 1 rings (SSSR count). The van der Waals surface area contributed by atoms with Gasteiger partial charge in [-0.25, -0.2) is 0 Å². The average molecular weight is 217 g/mol. The predicted molar refractivity (Wildman–Crippen MR) is 59.6 cm³/mol. The van der Waals surface area contributed by atoms with E-state index < -0.39 is 0 Å². The number of hydrogen-bond acceptors (Lipinski definition) is 4. The molecule has 1 saturated heterocycles. The van der Waals surface area contributed by atoms with Crippen LogP contribution in [0.5, 0.6) is 0 Å². The first-order chi connectivity index (χ1) is 6.72. The highest BCUT2D eigenvalue weighted by atomic mass is 32.1. The first-order valence-corrected chi connectivity index (χ1v) is 5.77. The summed E-state index contributed by atoms with van der Waals surface area (Å²) in [4.78, 5) is 13.8. The second kappa shape index (κ2) is 5.61. The molecule has 0 amide bonds. The van der Waals surface area contributed by atoms with E-state index in [1.165, 1.54) is 7.11 Å². The van der Waals surface area contributed by atoms with Crippen LogP contribution < -0.4 is 0 Å². The van der Waals surface area contributed by atoms with Crippen molar-refractivity contribution in [1.29, 1.82) is 0 Å². The lowest BCUT2D eigenvalue weighted by Gasteiger charge is -2.19. The van der Waals surface area contributed by atoms with Crippen LogP contribution in [-0.2, 0) is 9.53 Å². The predicted octanol–water partition coefficient (Wildman–Crippen LogP) is 1.05. The van der Waals surface area contributed by atoms with E-state index in [-0.39, 0.29) is 11.9 Å². The van der Waals surface area contributed by atoms with Gasteiger partial charge in [0.1, 0.15) is 0 Å². The van der Waals surface area contributed by atoms with Crippen LogP contribution in [0.3, 0.4) is 0 Å². The number of carbonyl (C=O) groups excluding carboxylic acids is 1. The lowest BCUT2D eigenvalue weighted by Crippen LogP contribution is -2.29. The number of hydrogen-bond donors (Lipinski definition) is 1. The van der Waals surface area contributed by atoms with E-state index in [0.29, 0.717) is 11.7 Å². The van der Waals surface area contributed by atoms with Gasteiger partial charge in [0.05, 0.1) is 13.0 Å². The van der Waals surface area contributed by atoms with Crippen molar-refractivity contribution in [2.45, 2.75) is 13.3 Å². The number of ether oxygens (including phenoxy) is 1. The van der Waals surface area contributed by atoms with E-state index in [9.17, 15) is 4.79 Å². The summed E-state index contributed by atoms with van der Waals surface area (Å²) >= 11 is 4.22. The Morgan fingerprint density at radius 3 is 2.86 bits per heavy atom. The van der Waals surface area contributed by atoms with Crippen LogP contribution in [0.4, 0.5) is 0 Å². The van der Waals surface area contributed by atoms with Crippen LogP contribution in [0, 0.1) is 11.8 Å². The number of nitrogens with zero attached hydrogens (tertiary/aromatic N) is 1. The molecule has 1 heterocycles. The van der Waals surface area contributed by atoms with Crippen LogP contribution >= 0.6 is 12.6 Å². The molecule has 1 aliphatic rings. The maximum atomic E-state index is 11.4. The first kappa shape index (κ1) is 11.9. The monoisotopic (exact) mass is 217 g/mol. The van der Waals surface area contributed by atoms with Crippen molar-refractivity contribution in [3.8, 4) is 0 Å². The van der Waals surface area contributed by atoms with E-state index >= 15 is 0 Å². The van der Waals surface area contributed by atoms with Crippen LogP contribution in [0.1, 0.15) is 13.3 Å². The molecule has 3 nitrogen and oxygen atoms in total. The number of thiol groups is 1. The third kappa shape index (κ3) is 2.64.